The van der Waals surface area contributed by atoms with Crippen LogP contribution in [0.1, 0.15) is 48.0 Å². The zero-order valence-electron chi connectivity index (χ0n) is 18.8. The number of ether oxygens (including phenoxy) is 2. The van der Waals surface area contributed by atoms with Gasteiger partial charge in [0.2, 0.25) is 0 Å². The minimum Gasteiger partial charge on any atom is -0.497 e. The van der Waals surface area contributed by atoms with Gasteiger partial charge in [-0.15, -0.1) is 11.3 Å². The Labute approximate surface area is 198 Å². The number of aromatic nitrogens is 1. The zero-order valence-corrected chi connectivity index (χ0v) is 19.7. The van der Waals surface area contributed by atoms with Crippen LogP contribution in [0.25, 0.3) is 16.8 Å². The van der Waals surface area contributed by atoms with E-state index in [1.165, 1.54) is 11.3 Å². The van der Waals surface area contributed by atoms with Crippen LogP contribution in [0.3, 0.4) is 0 Å². The first-order valence-corrected chi connectivity index (χ1v) is 11.8. The molecule has 1 heterocycles. The highest BCUT2D eigenvalue weighted by Gasteiger charge is 2.10. The second-order valence-electron chi connectivity index (χ2n) is 7.35. The van der Waals surface area contributed by atoms with Crippen molar-refractivity contribution in [2.45, 2.75) is 32.6 Å². The van der Waals surface area contributed by atoms with Crippen LogP contribution in [0.2, 0.25) is 0 Å². The molecule has 0 saturated carbocycles. The van der Waals surface area contributed by atoms with Crippen molar-refractivity contribution in [3.05, 3.63) is 70.7 Å². The third kappa shape index (κ3) is 6.93. The topological polar surface area (TPSA) is 84.2 Å². The quantitative estimate of drug-likeness (QED) is 0.198. The Morgan fingerprint density at radius 1 is 1.12 bits per heavy atom. The molecular weight excluding hydrogens is 434 g/mol. The van der Waals surface area contributed by atoms with Crippen molar-refractivity contribution >= 4 is 28.6 Å². The molecule has 1 aromatic heterocycles. The second kappa shape index (κ2) is 12.4. The number of hydrogen-bond donors (Lipinski definition) is 1. The average molecular weight is 462 g/mol. The number of esters is 1. The Hall–Kier alpha value is -3.63. The van der Waals surface area contributed by atoms with E-state index in [1.54, 1.807) is 37.6 Å². The van der Waals surface area contributed by atoms with Gasteiger partial charge in [0.25, 0.3) is 0 Å². The lowest BCUT2D eigenvalue weighted by molar-refractivity contribution is 0.0498. The number of unbranched alkanes of at least 4 members (excludes halogenated alkanes) is 3. The highest BCUT2D eigenvalue weighted by atomic mass is 32.1. The summed E-state index contributed by atoms with van der Waals surface area (Å²) in [6.45, 7) is 2.59. The van der Waals surface area contributed by atoms with Crippen molar-refractivity contribution < 1.29 is 14.3 Å². The molecule has 0 aliphatic rings. The van der Waals surface area contributed by atoms with Gasteiger partial charge in [-0.25, -0.2) is 9.78 Å². The van der Waals surface area contributed by atoms with E-state index in [2.05, 4.69) is 23.3 Å². The van der Waals surface area contributed by atoms with Crippen LogP contribution in [0.4, 0.5) is 5.69 Å². The van der Waals surface area contributed by atoms with Crippen LogP contribution in [-0.2, 0) is 4.74 Å². The van der Waals surface area contributed by atoms with Crippen LogP contribution in [-0.4, -0.2) is 24.7 Å². The molecule has 0 atom stereocenters. The number of nitrogens with zero attached hydrogens (tertiary/aromatic N) is 2. The Balaban J connectivity index is 1.59. The number of carbonyl (C=O) groups is 1. The van der Waals surface area contributed by atoms with Crippen LogP contribution in [0.5, 0.6) is 5.75 Å². The third-order valence-corrected chi connectivity index (χ3v) is 5.85. The minimum absolute atomic E-state index is 0.319. The number of nitrogens with one attached hydrogen (secondary N) is 1. The number of carbonyl (C=O) groups excluding carboxylic acids is 1. The Morgan fingerprint density at radius 2 is 1.88 bits per heavy atom. The van der Waals surface area contributed by atoms with Crippen LogP contribution in [0.15, 0.2) is 60.1 Å². The molecule has 7 heteroatoms. The van der Waals surface area contributed by atoms with Crippen molar-refractivity contribution in [1.82, 2.24) is 4.98 Å². The van der Waals surface area contributed by atoms with Gasteiger partial charge in [-0.2, -0.15) is 5.26 Å². The summed E-state index contributed by atoms with van der Waals surface area (Å²) in [6.07, 6.45) is 5.88. The number of allylic oxidation sites excluding steroid dienone is 1. The van der Waals surface area contributed by atoms with Gasteiger partial charge in [0, 0.05) is 22.8 Å². The highest BCUT2D eigenvalue weighted by Crippen LogP contribution is 2.27. The van der Waals surface area contributed by atoms with Crippen molar-refractivity contribution in [2.24, 2.45) is 0 Å². The number of benzene rings is 2. The van der Waals surface area contributed by atoms with Gasteiger partial charge >= 0.3 is 5.97 Å². The summed E-state index contributed by atoms with van der Waals surface area (Å²) in [5, 5.41) is 15.2. The van der Waals surface area contributed by atoms with E-state index in [1.807, 2.05) is 29.6 Å². The van der Waals surface area contributed by atoms with Gasteiger partial charge < -0.3 is 14.8 Å². The van der Waals surface area contributed by atoms with Crippen molar-refractivity contribution in [1.29, 1.82) is 5.26 Å². The lowest BCUT2D eigenvalue weighted by Crippen LogP contribution is -2.06. The Kier molecular flexibility index (Phi) is 9.04. The second-order valence-corrected chi connectivity index (χ2v) is 8.21. The molecule has 33 heavy (non-hydrogen) atoms. The molecule has 0 saturated heterocycles. The number of rotatable bonds is 11. The average Bonchev–Trinajstić information content (AvgIpc) is 3.35. The molecule has 0 radical (unpaired) electrons. The van der Waals surface area contributed by atoms with Crippen LogP contribution in [0, 0.1) is 11.3 Å². The van der Waals surface area contributed by atoms with Crippen molar-refractivity contribution in [2.75, 3.05) is 19.0 Å². The monoisotopic (exact) mass is 461 g/mol. The van der Waals surface area contributed by atoms with Gasteiger partial charge in [-0.05, 0) is 55.0 Å². The van der Waals surface area contributed by atoms with E-state index < -0.39 is 0 Å². The summed E-state index contributed by atoms with van der Waals surface area (Å²) in [7, 11) is 1.63. The minimum atomic E-state index is -0.319. The first-order chi connectivity index (χ1) is 16.1. The Bertz CT molecular complexity index is 1110. The fourth-order valence-corrected chi connectivity index (χ4v) is 3.86. The van der Waals surface area contributed by atoms with Crippen molar-refractivity contribution in [3.8, 4) is 23.1 Å². The number of nitriles is 1. The molecule has 0 fully saturated rings. The molecule has 3 aromatic rings. The van der Waals surface area contributed by atoms with E-state index in [9.17, 15) is 10.1 Å². The molecule has 0 spiro atoms. The summed E-state index contributed by atoms with van der Waals surface area (Å²) in [5.41, 5.74) is 3.45. The molecule has 0 bridgehead atoms. The lowest BCUT2D eigenvalue weighted by atomic mass is 10.2. The predicted molar refractivity (Wildman–Crippen MR) is 132 cm³/mol. The van der Waals surface area contributed by atoms with E-state index >= 15 is 0 Å². The molecule has 170 valence electrons. The van der Waals surface area contributed by atoms with E-state index in [0.29, 0.717) is 22.8 Å². The van der Waals surface area contributed by atoms with Gasteiger partial charge in [0.15, 0.2) is 0 Å². The van der Waals surface area contributed by atoms with Crippen molar-refractivity contribution in [3.63, 3.8) is 0 Å². The van der Waals surface area contributed by atoms with Crippen LogP contribution < -0.4 is 10.1 Å². The fourth-order valence-electron chi connectivity index (χ4n) is 3.07. The number of anilines is 1. The number of thiazole rings is 1. The highest BCUT2D eigenvalue weighted by molar-refractivity contribution is 7.11. The molecule has 0 amide bonds. The Morgan fingerprint density at radius 3 is 2.55 bits per heavy atom. The molecule has 0 aliphatic carbocycles. The first kappa shape index (κ1) is 24.0. The zero-order chi connectivity index (χ0) is 23.5. The molecule has 2 aromatic carbocycles. The number of methoxy groups -OCH3 is 1. The van der Waals surface area contributed by atoms with Gasteiger partial charge in [0.1, 0.15) is 22.4 Å². The van der Waals surface area contributed by atoms with E-state index in [0.717, 1.165) is 48.4 Å². The molecule has 0 aliphatic heterocycles. The maximum absolute atomic E-state index is 12.1. The summed E-state index contributed by atoms with van der Waals surface area (Å²) in [4.78, 5) is 16.7. The first-order valence-electron chi connectivity index (χ1n) is 10.9. The van der Waals surface area contributed by atoms with Gasteiger partial charge in [-0.1, -0.05) is 26.2 Å². The maximum Gasteiger partial charge on any atom is 0.338 e. The van der Waals surface area contributed by atoms with E-state index in [-0.39, 0.29) is 5.97 Å². The summed E-state index contributed by atoms with van der Waals surface area (Å²) in [5.74, 6) is 0.461. The summed E-state index contributed by atoms with van der Waals surface area (Å²) < 4.78 is 10.5. The van der Waals surface area contributed by atoms with Gasteiger partial charge in [-0.3, -0.25) is 0 Å². The lowest BCUT2D eigenvalue weighted by Gasteiger charge is -2.06. The van der Waals surface area contributed by atoms with Crippen LogP contribution >= 0.6 is 11.3 Å². The molecule has 3 rings (SSSR count). The molecule has 6 nitrogen and oxygen atoms in total. The van der Waals surface area contributed by atoms with E-state index in [4.69, 9.17) is 9.47 Å². The SMILES string of the molecule is CCCCCCOC(=O)c1ccc(N/C=C(\C#N)c2nc(-c3ccc(OC)cc3)cs2)cc1. The van der Waals surface area contributed by atoms with Gasteiger partial charge in [0.05, 0.1) is 25.0 Å². The smallest absolute Gasteiger partial charge is 0.338 e. The normalized spacial score (nSPS) is 11.0. The molecular formula is C26H27N3O3S. The third-order valence-electron chi connectivity index (χ3n) is 4.98. The maximum atomic E-state index is 12.1. The predicted octanol–water partition coefficient (Wildman–Crippen LogP) is 6.53. The largest absolute Gasteiger partial charge is 0.497 e. The standard InChI is InChI=1S/C26H27N3O3S/c1-3-4-5-6-15-32-26(30)20-7-11-22(12-8-20)28-17-21(16-27)25-29-24(18-33-25)19-9-13-23(31-2)14-10-19/h7-14,17-18,28H,3-6,15H2,1-2H3/b21-17+. The number of hydrogen-bond acceptors (Lipinski definition) is 7. The summed E-state index contributed by atoms with van der Waals surface area (Å²) >= 11 is 1.41. The fraction of sp³-hybridized carbons (Fsp3) is 0.269. The summed E-state index contributed by atoms with van der Waals surface area (Å²) in [6, 6.07) is 16.8. The molecule has 0 unspecified atom stereocenters. The molecule has 1 N–H and O–H groups in total.